The lowest BCUT2D eigenvalue weighted by molar-refractivity contribution is -0.166. The fourth-order valence-corrected chi connectivity index (χ4v) is 4.68. The Hall–Kier alpha value is -1.39. The minimum absolute atomic E-state index is 0.0421. The number of benzene rings is 1. The molecule has 0 spiro atoms. The summed E-state index contributed by atoms with van der Waals surface area (Å²) >= 11 is 0. The Kier molecular flexibility index (Phi) is 5.09. The van der Waals surface area contributed by atoms with Gasteiger partial charge in [0.25, 0.3) is 0 Å². The van der Waals surface area contributed by atoms with Crippen molar-refractivity contribution in [3.8, 4) is 0 Å². The molecule has 2 atom stereocenters. The van der Waals surface area contributed by atoms with Crippen LogP contribution in [-0.2, 0) is 9.53 Å². The molecular weight excluding hydrogens is 312 g/mol. The van der Waals surface area contributed by atoms with E-state index in [0.29, 0.717) is 5.92 Å². The zero-order valence-corrected chi connectivity index (χ0v) is 15.3. The summed E-state index contributed by atoms with van der Waals surface area (Å²) < 4.78 is 6.10. The predicted octanol–water partition coefficient (Wildman–Crippen LogP) is 3.10. The fourth-order valence-electron chi connectivity index (χ4n) is 4.68. The van der Waals surface area contributed by atoms with E-state index < -0.39 is 0 Å². The summed E-state index contributed by atoms with van der Waals surface area (Å²) in [6.07, 6.45) is 4.77. The average molecular weight is 342 g/mol. The summed E-state index contributed by atoms with van der Waals surface area (Å²) in [5.41, 5.74) is 1.07. The van der Waals surface area contributed by atoms with E-state index in [-0.39, 0.29) is 18.1 Å². The molecule has 4 fully saturated rings. The van der Waals surface area contributed by atoms with E-state index >= 15 is 0 Å². The van der Waals surface area contributed by atoms with Gasteiger partial charge in [0.15, 0.2) is 0 Å². The quantitative estimate of drug-likeness (QED) is 0.787. The van der Waals surface area contributed by atoms with E-state index in [1.807, 2.05) is 18.2 Å². The van der Waals surface area contributed by atoms with Crippen molar-refractivity contribution in [2.75, 3.05) is 32.7 Å². The van der Waals surface area contributed by atoms with Crippen LogP contribution in [0.1, 0.15) is 44.2 Å². The first-order valence-corrected chi connectivity index (χ1v) is 9.92. The van der Waals surface area contributed by atoms with Crippen LogP contribution in [0.2, 0.25) is 0 Å². The van der Waals surface area contributed by atoms with Crippen LogP contribution in [0, 0.1) is 11.8 Å². The van der Waals surface area contributed by atoms with Crippen LogP contribution in [0.3, 0.4) is 0 Å². The van der Waals surface area contributed by atoms with Gasteiger partial charge in [-0.25, -0.2) is 4.79 Å². The number of nitrogens with zero attached hydrogens (tertiary/aromatic N) is 2. The van der Waals surface area contributed by atoms with Gasteiger partial charge in [-0.3, -0.25) is 9.80 Å². The van der Waals surface area contributed by atoms with Crippen molar-refractivity contribution in [2.24, 2.45) is 11.8 Å². The lowest BCUT2D eigenvalue weighted by Gasteiger charge is -2.44. The molecule has 0 saturated carbocycles. The number of carbonyl (C=O) groups is 1. The third-order valence-corrected chi connectivity index (χ3v) is 6.39. The Morgan fingerprint density at radius 3 is 2.32 bits per heavy atom. The van der Waals surface area contributed by atoms with Gasteiger partial charge in [-0.15, -0.1) is 0 Å². The molecule has 136 valence electrons. The summed E-state index contributed by atoms with van der Waals surface area (Å²) in [4.78, 5) is 18.0. The Balaban J connectivity index is 1.50. The lowest BCUT2D eigenvalue weighted by Crippen LogP contribution is -2.53. The van der Waals surface area contributed by atoms with Crippen LogP contribution in [0.25, 0.3) is 0 Å². The van der Waals surface area contributed by atoms with Crippen molar-refractivity contribution in [2.45, 2.75) is 44.8 Å². The van der Waals surface area contributed by atoms with Gasteiger partial charge in [0, 0.05) is 6.54 Å². The molecule has 1 aromatic carbocycles. The number of ether oxygens (including phenoxy) is 1. The number of likely N-dealkylation sites (tertiary alicyclic amines) is 1. The van der Waals surface area contributed by atoms with Crippen molar-refractivity contribution < 1.29 is 9.53 Å². The van der Waals surface area contributed by atoms with E-state index in [1.165, 1.54) is 25.9 Å². The maximum Gasteiger partial charge on any atom is 0.328 e. The van der Waals surface area contributed by atoms with Crippen molar-refractivity contribution in [3.05, 3.63) is 35.9 Å². The Labute approximate surface area is 151 Å². The summed E-state index contributed by atoms with van der Waals surface area (Å²) in [6, 6.07) is 9.95. The molecule has 0 amide bonds. The zero-order chi connectivity index (χ0) is 17.2. The molecule has 5 rings (SSSR count). The van der Waals surface area contributed by atoms with Crippen LogP contribution >= 0.6 is 0 Å². The molecule has 4 aliphatic heterocycles. The van der Waals surface area contributed by atoms with Gasteiger partial charge in [-0.05, 0) is 69.3 Å². The fraction of sp³-hybridized carbons (Fsp3) is 0.667. The lowest BCUT2D eigenvalue weighted by atomic mass is 9.86. The highest BCUT2D eigenvalue weighted by Crippen LogP contribution is 2.33. The van der Waals surface area contributed by atoms with Crippen LogP contribution in [-0.4, -0.2) is 54.6 Å². The summed E-state index contributed by atoms with van der Waals surface area (Å²) in [5.74, 6) is 1.27. The van der Waals surface area contributed by atoms with Crippen LogP contribution in [0.5, 0.6) is 0 Å². The molecule has 0 aromatic heterocycles. The van der Waals surface area contributed by atoms with Crippen molar-refractivity contribution in [1.29, 1.82) is 0 Å². The van der Waals surface area contributed by atoms with Gasteiger partial charge in [-0.2, -0.15) is 0 Å². The molecule has 2 bridgehead atoms. The second kappa shape index (κ2) is 7.46. The molecule has 4 saturated heterocycles. The topological polar surface area (TPSA) is 32.8 Å². The number of fused-ring (bicyclic) bond motifs is 3. The van der Waals surface area contributed by atoms with E-state index in [9.17, 15) is 4.79 Å². The molecule has 25 heavy (non-hydrogen) atoms. The summed E-state index contributed by atoms with van der Waals surface area (Å²) in [7, 11) is 0. The first-order valence-electron chi connectivity index (χ1n) is 9.92. The number of rotatable bonds is 4. The largest absolute Gasteiger partial charge is 0.459 e. The smallest absolute Gasteiger partial charge is 0.328 e. The van der Waals surface area contributed by atoms with Crippen molar-refractivity contribution >= 4 is 5.97 Å². The molecule has 4 heterocycles. The highest BCUT2D eigenvalue weighted by molar-refractivity contribution is 5.78. The van der Waals surface area contributed by atoms with E-state index in [1.54, 1.807) is 0 Å². The third-order valence-electron chi connectivity index (χ3n) is 6.39. The van der Waals surface area contributed by atoms with Gasteiger partial charge in [0.05, 0.1) is 0 Å². The van der Waals surface area contributed by atoms with E-state index in [0.717, 1.165) is 44.0 Å². The average Bonchev–Trinajstić information content (AvgIpc) is 2.65. The van der Waals surface area contributed by atoms with Crippen molar-refractivity contribution in [3.63, 3.8) is 0 Å². The van der Waals surface area contributed by atoms with Crippen molar-refractivity contribution in [1.82, 2.24) is 9.80 Å². The minimum Gasteiger partial charge on any atom is -0.459 e. The normalized spacial score (nSPS) is 31.6. The molecule has 4 aliphatic rings. The molecule has 0 aliphatic carbocycles. The Bertz CT molecular complexity index is 575. The second-order valence-electron chi connectivity index (χ2n) is 8.15. The molecule has 4 heteroatoms. The number of carbonyl (C=O) groups excluding carboxylic acids is 1. The molecule has 0 N–H and O–H groups in total. The number of esters is 1. The number of hydrogen-bond acceptors (Lipinski definition) is 4. The maximum atomic E-state index is 13.2. The zero-order valence-electron chi connectivity index (χ0n) is 15.3. The van der Waals surface area contributed by atoms with Crippen LogP contribution in [0.4, 0.5) is 0 Å². The monoisotopic (exact) mass is 342 g/mol. The summed E-state index contributed by atoms with van der Waals surface area (Å²) in [5, 5.41) is 0. The molecular formula is C21H30N2O2. The molecule has 4 nitrogen and oxygen atoms in total. The van der Waals surface area contributed by atoms with Gasteiger partial charge >= 0.3 is 5.97 Å². The van der Waals surface area contributed by atoms with E-state index in [2.05, 4.69) is 28.9 Å². The van der Waals surface area contributed by atoms with Crippen LogP contribution in [0.15, 0.2) is 30.3 Å². The maximum absolute atomic E-state index is 13.2. The van der Waals surface area contributed by atoms with Gasteiger partial charge < -0.3 is 4.74 Å². The first kappa shape index (κ1) is 17.0. The molecule has 1 unspecified atom stereocenters. The number of piperidine rings is 4. The Morgan fingerprint density at radius 2 is 1.72 bits per heavy atom. The van der Waals surface area contributed by atoms with Gasteiger partial charge in [-0.1, -0.05) is 37.3 Å². The highest BCUT2D eigenvalue weighted by Gasteiger charge is 2.39. The van der Waals surface area contributed by atoms with Gasteiger partial charge in [0.1, 0.15) is 12.1 Å². The van der Waals surface area contributed by atoms with Gasteiger partial charge in [0.2, 0.25) is 0 Å². The molecule has 0 radical (unpaired) electrons. The Morgan fingerprint density at radius 1 is 1.04 bits per heavy atom. The van der Waals surface area contributed by atoms with E-state index in [4.69, 9.17) is 4.74 Å². The third kappa shape index (κ3) is 3.75. The SMILES string of the molecule is CC1CCN(C(C(=O)O[C@H]2CN3CCC2CC3)c2ccccc2)CC1. The minimum atomic E-state index is -0.246. The standard InChI is InChI=1S/C21H30N2O2/c1-16-7-13-23(14-8-16)20(18-5-3-2-4-6-18)21(24)25-19-15-22-11-9-17(19)10-12-22/h2-6,16-17,19-20H,7-15H2,1H3/t19-,20?/m0/s1. The predicted molar refractivity (Wildman–Crippen MR) is 98.2 cm³/mol. The van der Waals surface area contributed by atoms with Crippen LogP contribution < -0.4 is 0 Å². The second-order valence-corrected chi connectivity index (χ2v) is 8.15. The molecule has 1 aromatic rings. The summed E-state index contributed by atoms with van der Waals surface area (Å²) in [6.45, 7) is 7.54. The highest BCUT2D eigenvalue weighted by atomic mass is 16.5. The number of hydrogen-bond donors (Lipinski definition) is 0. The first-order chi connectivity index (χ1) is 12.2.